The minimum atomic E-state index is -0.624. The molecule has 1 amide bonds. The number of nitrogens with zero attached hydrogens (tertiary/aromatic N) is 3. The van der Waals surface area contributed by atoms with Crippen LogP contribution in [-0.4, -0.2) is 71.3 Å². The third-order valence-corrected chi connectivity index (χ3v) is 9.22. The SMILES string of the molecule is CN(C)C(CS)C(=O)OC12CC3CC(C1)CC(C(N)C(=O)N1C(C#N)CC4CC41)(C3)C2. The zero-order valence-electron chi connectivity index (χ0n) is 18.5. The van der Waals surface area contributed by atoms with Crippen molar-refractivity contribution in [2.45, 2.75) is 81.1 Å². The van der Waals surface area contributed by atoms with Crippen LogP contribution in [0.4, 0.5) is 0 Å². The summed E-state index contributed by atoms with van der Waals surface area (Å²) in [7, 11) is 3.73. The van der Waals surface area contributed by atoms with Gasteiger partial charge >= 0.3 is 5.97 Å². The second-order valence-electron chi connectivity index (χ2n) is 11.3. The molecule has 0 radical (unpaired) electrons. The van der Waals surface area contributed by atoms with Crippen LogP contribution in [0.25, 0.3) is 0 Å². The van der Waals surface area contributed by atoms with Crippen molar-refractivity contribution in [2.24, 2.45) is 28.9 Å². The van der Waals surface area contributed by atoms with Gasteiger partial charge in [0.25, 0.3) is 0 Å². The Morgan fingerprint density at radius 3 is 2.48 bits per heavy atom. The monoisotopic (exact) mass is 446 g/mol. The summed E-state index contributed by atoms with van der Waals surface area (Å²) in [5.41, 5.74) is 5.91. The third kappa shape index (κ3) is 3.39. The van der Waals surface area contributed by atoms with E-state index in [4.69, 9.17) is 10.5 Å². The van der Waals surface area contributed by atoms with Crippen LogP contribution in [0.1, 0.15) is 51.4 Å². The minimum absolute atomic E-state index is 0.0542. The van der Waals surface area contributed by atoms with Gasteiger partial charge in [0.05, 0.1) is 12.1 Å². The summed E-state index contributed by atoms with van der Waals surface area (Å²) < 4.78 is 6.25. The number of ether oxygens (including phenoxy) is 1. The van der Waals surface area contributed by atoms with Crippen LogP contribution in [-0.2, 0) is 14.3 Å². The highest BCUT2D eigenvalue weighted by molar-refractivity contribution is 7.80. The molecule has 1 heterocycles. The molecule has 6 aliphatic rings. The molecule has 1 aliphatic heterocycles. The Morgan fingerprint density at radius 1 is 1.23 bits per heavy atom. The first kappa shape index (κ1) is 21.5. The van der Waals surface area contributed by atoms with Crippen molar-refractivity contribution in [3.8, 4) is 6.07 Å². The average molecular weight is 447 g/mol. The van der Waals surface area contributed by atoms with Crippen LogP contribution in [0, 0.1) is 34.5 Å². The lowest BCUT2D eigenvalue weighted by Crippen LogP contribution is -2.66. The molecule has 6 fully saturated rings. The van der Waals surface area contributed by atoms with Gasteiger partial charge in [-0.2, -0.15) is 17.9 Å². The molecule has 5 saturated carbocycles. The number of hydrogen-bond acceptors (Lipinski definition) is 7. The molecule has 7 atom stereocenters. The summed E-state index contributed by atoms with van der Waals surface area (Å²) in [5, 5.41) is 9.55. The lowest BCUT2D eigenvalue weighted by atomic mass is 9.46. The normalized spacial score (nSPS) is 44.0. The fourth-order valence-corrected chi connectivity index (χ4v) is 8.25. The topological polar surface area (TPSA) is 99.7 Å². The van der Waals surface area contributed by atoms with Gasteiger partial charge < -0.3 is 15.4 Å². The van der Waals surface area contributed by atoms with E-state index < -0.39 is 11.6 Å². The minimum Gasteiger partial charge on any atom is -0.458 e. The Kier molecular flexibility index (Phi) is 5.11. The quantitative estimate of drug-likeness (QED) is 0.475. The highest BCUT2D eigenvalue weighted by Gasteiger charge is 2.64. The van der Waals surface area contributed by atoms with Crippen LogP contribution in [0.2, 0.25) is 0 Å². The van der Waals surface area contributed by atoms with Gasteiger partial charge in [0.2, 0.25) is 5.91 Å². The molecule has 2 N–H and O–H groups in total. The van der Waals surface area contributed by atoms with E-state index in [1.54, 1.807) is 4.90 Å². The summed E-state index contributed by atoms with van der Waals surface area (Å²) in [4.78, 5) is 30.2. The lowest BCUT2D eigenvalue weighted by Gasteiger charge is -2.62. The fraction of sp³-hybridized carbons (Fsp3) is 0.870. The maximum atomic E-state index is 13.6. The van der Waals surface area contributed by atoms with Gasteiger partial charge in [0.15, 0.2) is 0 Å². The second-order valence-corrected chi connectivity index (χ2v) is 11.6. The van der Waals surface area contributed by atoms with E-state index in [0.29, 0.717) is 29.9 Å². The smallest absolute Gasteiger partial charge is 0.324 e. The summed E-state index contributed by atoms with van der Waals surface area (Å²) in [5.74, 6) is 1.50. The Bertz CT molecular complexity index is 812. The molecule has 7 nitrogen and oxygen atoms in total. The van der Waals surface area contributed by atoms with E-state index in [1.165, 1.54) is 0 Å². The van der Waals surface area contributed by atoms with Crippen molar-refractivity contribution >= 4 is 24.5 Å². The number of nitrogens with two attached hydrogens (primary N) is 1. The Balaban J connectivity index is 1.38. The highest BCUT2D eigenvalue weighted by atomic mass is 32.1. The molecule has 0 spiro atoms. The van der Waals surface area contributed by atoms with Crippen molar-refractivity contribution in [2.75, 3.05) is 19.8 Å². The number of amides is 1. The molecule has 170 valence electrons. The Morgan fingerprint density at radius 2 is 1.90 bits per heavy atom. The Hall–Kier alpha value is -1.30. The van der Waals surface area contributed by atoms with E-state index in [2.05, 4.69) is 18.7 Å². The number of thiol groups is 1. The number of likely N-dealkylation sites (N-methyl/N-ethyl adjacent to an activating group) is 1. The molecule has 1 saturated heterocycles. The number of rotatable bonds is 6. The largest absolute Gasteiger partial charge is 0.458 e. The lowest BCUT2D eigenvalue weighted by molar-refractivity contribution is -0.208. The number of fused-ring (bicyclic) bond motifs is 1. The van der Waals surface area contributed by atoms with Crippen LogP contribution in [0.3, 0.4) is 0 Å². The first-order valence-corrected chi connectivity index (χ1v) is 12.3. The number of carbonyl (C=O) groups excluding carboxylic acids is 2. The summed E-state index contributed by atoms with van der Waals surface area (Å²) in [6.45, 7) is 0. The van der Waals surface area contributed by atoms with Crippen molar-refractivity contribution < 1.29 is 14.3 Å². The number of hydrogen-bond donors (Lipinski definition) is 2. The van der Waals surface area contributed by atoms with E-state index in [0.717, 1.165) is 44.9 Å². The van der Waals surface area contributed by atoms with Gasteiger partial charge in [-0.1, -0.05) is 0 Å². The molecule has 0 aromatic heterocycles. The fourth-order valence-electron chi connectivity index (χ4n) is 7.77. The van der Waals surface area contributed by atoms with Gasteiger partial charge in [-0.15, -0.1) is 0 Å². The van der Waals surface area contributed by atoms with Crippen LogP contribution in [0.15, 0.2) is 0 Å². The van der Waals surface area contributed by atoms with Crippen molar-refractivity contribution in [1.29, 1.82) is 5.26 Å². The molecule has 0 aromatic rings. The summed E-state index contributed by atoms with van der Waals surface area (Å²) in [6.07, 6.45) is 7.20. The molecular weight excluding hydrogens is 412 g/mol. The molecular formula is C23H34N4O3S. The predicted molar refractivity (Wildman–Crippen MR) is 118 cm³/mol. The second kappa shape index (κ2) is 7.36. The standard InChI is InChI=1S/C23H34N4O3S/c1-26(2)18(11-31)21(29)30-23-8-13-3-14(9-23)7-22(6-13,12-23)19(25)20(28)27-16(10-24)4-15-5-17(15)27/h13-19,31H,3-9,11-12,25H2,1-2H3. The summed E-state index contributed by atoms with van der Waals surface area (Å²) >= 11 is 4.34. The predicted octanol–water partition coefficient (Wildman–Crippen LogP) is 1.57. The van der Waals surface area contributed by atoms with Crippen molar-refractivity contribution in [1.82, 2.24) is 9.80 Å². The van der Waals surface area contributed by atoms with Crippen molar-refractivity contribution in [3.05, 3.63) is 0 Å². The molecule has 8 heteroatoms. The number of carbonyl (C=O) groups is 2. The van der Waals surface area contributed by atoms with Crippen molar-refractivity contribution in [3.63, 3.8) is 0 Å². The first-order valence-electron chi connectivity index (χ1n) is 11.7. The van der Waals surface area contributed by atoms with Crippen LogP contribution < -0.4 is 5.73 Å². The molecule has 6 rings (SSSR count). The zero-order chi connectivity index (χ0) is 22.1. The van der Waals surface area contributed by atoms with E-state index in [-0.39, 0.29) is 35.4 Å². The molecule has 7 unspecified atom stereocenters. The van der Waals surface area contributed by atoms with Gasteiger partial charge in [-0.25, -0.2) is 0 Å². The number of piperidine rings is 1. The highest BCUT2D eigenvalue weighted by Crippen LogP contribution is 2.64. The van der Waals surface area contributed by atoms with Gasteiger partial charge in [0.1, 0.15) is 17.7 Å². The Labute approximate surface area is 190 Å². The zero-order valence-corrected chi connectivity index (χ0v) is 19.4. The van der Waals surface area contributed by atoms with Crippen LogP contribution in [0.5, 0.6) is 0 Å². The maximum absolute atomic E-state index is 13.6. The summed E-state index contributed by atoms with van der Waals surface area (Å²) in [6, 6.07) is 1.19. The molecule has 31 heavy (non-hydrogen) atoms. The van der Waals surface area contributed by atoms with Gasteiger partial charge in [-0.3, -0.25) is 14.5 Å². The molecule has 4 bridgehead atoms. The maximum Gasteiger partial charge on any atom is 0.324 e. The van der Waals surface area contributed by atoms with Crippen LogP contribution >= 0.6 is 12.6 Å². The van der Waals surface area contributed by atoms with E-state index >= 15 is 0 Å². The molecule has 5 aliphatic carbocycles. The average Bonchev–Trinajstić information content (AvgIpc) is 3.35. The number of nitriles is 1. The third-order valence-electron chi connectivity index (χ3n) is 8.87. The molecule has 0 aromatic carbocycles. The van der Waals surface area contributed by atoms with Gasteiger partial charge in [0, 0.05) is 11.8 Å². The van der Waals surface area contributed by atoms with E-state index in [1.807, 2.05) is 19.0 Å². The van der Waals surface area contributed by atoms with E-state index in [9.17, 15) is 14.9 Å². The number of esters is 1. The first-order chi connectivity index (χ1) is 14.7. The van der Waals surface area contributed by atoms with Gasteiger partial charge in [-0.05, 0) is 88.6 Å². The number of likely N-dealkylation sites (tertiary alicyclic amines) is 1.